The lowest BCUT2D eigenvalue weighted by atomic mass is 9.99. The van der Waals surface area contributed by atoms with E-state index in [0.29, 0.717) is 0 Å². The maximum Gasteiger partial charge on any atom is 0.248 e. The minimum atomic E-state index is -0.742. The van der Waals surface area contributed by atoms with E-state index >= 15 is 0 Å². The fourth-order valence-corrected chi connectivity index (χ4v) is 1.03. The Balaban J connectivity index is 4.50. The van der Waals surface area contributed by atoms with Crippen LogP contribution in [0.3, 0.4) is 0 Å². The van der Waals surface area contributed by atoms with Gasteiger partial charge in [0.25, 0.3) is 0 Å². The second-order valence-corrected chi connectivity index (χ2v) is 2.90. The van der Waals surface area contributed by atoms with E-state index in [-0.39, 0.29) is 12.0 Å². The van der Waals surface area contributed by atoms with Gasteiger partial charge in [-0.1, -0.05) is 12.7 Å². The Morgan fingerprint density at radius 2 is 1.92 bits per heavy atom. The normalized spacial score (nSPS) is 11.8. The standard InChI is InChI=1S/C8H8Cl2O2/c1-3-4-6(8(10)12)5(2)7(9)11/h3,6H,1-2,4H2. The minimum Gasteiger partial charge on any atom is -0.281 e. The Kier molecular flexibility index (Phi) is 4.86. The Morgan fingerprint density at radius 3 is 2.17 bits per heavy atom. The van der Waals surface area contributed by atoms with Gasteiger partial charge in [-0.15, -0.1) is 6.58 Å². The second-order valence-electron chi connectivity index (χ2n) is 2.18. The highest BCUT2D eigenvalue weighted by Crippen LogP contribution is 2.19. The summed E-state index contributed by atoms with van der Waals surface area (Å²) < 4.78 is 0. The van der Waals surface area contributed by atoms with Gasteiger partial charge in [0.15, 0.2) is 0 Å². The van der Waals surface area contributed by atoms with Crippen LogP contribution < -0.4 is 0 Å². The fraction of sp³-hybridized carbons (Fsp3) is 0.250. The molecule has 0 heterocycles. The van der Waals surface area contributed by atoms with Gasteiger partial charge >= 0.3 is 0 Å². The summed E-state index contributed by atoms with van der Waals surface area (Å²) in [4.78, 5) is 21.3. The molecule has 0 rings (SSSR count). The third-order valence-electron chi connectivity index (χ3n) is 1.35. The summed E-state index contributed by atoms with van der Waals surface area (Å²) in [6.07, 6.45) is 1.76. The Labute approximate surface area is 80.8 Å². The molecule has 0 bridgehead atoms. The van der Waals surface area contributed by atoms with Crippen LogP contribution in [0.1, 0.15) is 6.42 Å². The van der Waals surface area contributed by atoms with E-state index in [4.69, 9.17) is 23.2 Å². The van der Waals surface area contributed by atoms with E-state index in [1.807, 2.05) is 0 Å². The van der Waals surface area contributed by atoms with Crippen LogP contribution in [-0.4, -0.2) is 10.5 Å². The number of allylic oxidation sites excluding steroid dienone is 2. The molecule has 12 heavy (non-hydrogen) atoms. The predicted octanol–water partition coefficient (Wildman–Crippen LogP) is 2.27. The third kappa shape index (κ3) is 3.20. The van der Waals surface area contributed by atoms with E-state index in [1.165, 1.54) is 6.08 Å². The predicted molar refractivity (Wildman–Crippen MR) is 49.2 cm³/mol. The minimum absolute atomic E-state index is 0.0107. The van der Waals surface area contributed by atoms with Crippen molar-refractivity contribution in [2.45, 2.75) is 6.42 Å². The van der Waals surface area contributed by atoms with Gasteiger partial charge in [0.1, 0.15) is 0 Å². The van der Waals surface area contributed by atoms with Crippen LogP contribution >= 0.6 is 23.2 Å². The first kappa shape index (κ1) is 11.4. The summed E-state index contributed by atoms with van der Waals surface area (Å²) in [6, 6.07) is 0. The molecule has 0 N–H and O–H groups in total. The maximum absolute atomic E-state index is 10.7. The lowest BCUT2D eigenvalue weighted by molar-refractivity contribution is -0.116. The summed E-state index contributed by atoms with van der Waals surface area (Å²) in [6.45, 7) is 6.78. The molecule has 1 unspecified atom stereocenters. The first-order chi connectivity index (χ1) is 5.50. The fourth-order valence-electron chi connectivity index (χ4n) is 0.676. The molecule has 0 aliphatic rings. The first-order valence-electron chi connectivity index (χ1n) is 3.19. The molecule has 0 aromatic rings. The lowest BCUT2D eigenvalue weighted by Gasteiger charge is -2.08. The zero-order chi connectivity index (χ0) is 9.72. The van der Waals surface area contributed by atoms with Gasteiger partial charge in [-0.05, 0) is 29.6 Å². The van der Waals surface area contributed by atoms with Crippen LogP contribution in [0.4, 0.5) is 0 Å². The Bertz CT molecular complexity index is 233. The van der Waals surface area contributed by atoms with Crippen LogP contribution in [0.15, 0.2) is 24.8 Å². The van der Waals surface area contributed by atoms with Crippen molar-refractivity contribution in [1.29, 1.82) is 0 Å². The van der Waals surface area contributed by atoms with Crippen molar-refractivity contribution < 1.29 is 9.59 Å². The lowest BCUT2D eigenvalue weighted by Crippen LogP contribution is -2.14. The molecule has 0 aromatic carbocycles. The van der Waals surface area contributed by atoms with Crippen molar-refractivity contribution in [3.8, 4) is 0 Å². The number of carbonyl (C=O) groups excluding carboxylic acids is 2. The highest BCUT2D eigenvalue weighted by atomic mass is 35.5. The third-order valence-corrected chi connectivity index (χ3v) is 1.86. The average Bonchev–Trinajstić information content (AvgIpc) is 1.98. The monoisotopic (exact) mass is 206 g/mol. The smallest absolute Gasteiger partial charge is 0.248 e. The van der Waals surface area contributed by atoms with Crippen LogP contribution in [0.25, 0.3) is 0 Å². The highest BCUT2D eigenvalue weighted by molar-refractivity contribution is 6.69. The molecular weight excluding hydrogens is 199 g/mol. The number of carbonyl (C=O) groups is 2. The molecule has 0 saturated carbocycles. The molecule has 0 aliphatic carbocycles. The molecule has 0 radical (unpaired) electrons. The molecule has 0 spiro atoms. The van der Waals surface area contributed by atoms with Gasteiger partial charge in [0, 0.05) is 5.57 Å². The topological polar surface area (TPSA) is 34.1 Å². The van der Waals surface area contributed by atoms with Gasteiger partial charge in [-0.3, -0.25) is 9.59 Å². The molecule has 0 aromatic heterocycles. The van der Waals surface area contributed by atoms with Crippen molar-refractivity contribution in [3.05, 3.63) is 24.8 Å². The Hall–Kier alpha value is -0.600. The maximum atomic E-state index is 10.7. The summed E-state index contributed by atoms with van der Waals surface area (Å²) in [5.41, 5.74) is 0.0107. The Morgan fingerprint density at radius 1 is 1.42 bits per heavy atom. The SMILES string of the molecule is C=CCC(C(=C)C(=O)Cl)C(=O)Cl. The summed E-state index contributed by atoms with van der Waals surface area (Å²) in [5, 5.41) is -1.38. The molecule has 1 atom stereocenters. The molecule has 66 valence electrons. The van der Waals surface area contributed by atoms with E-state index < -0.39 is 16.4 Å². The van der Waals surface area contributed by atoms with Crippen molar-refractivity contribution in [1.82, 2.24) is 0 Å². The molecule has 0 saturated heterocycles. The van der Waals surface area contributed by atoms with Crippen molar-refractivity contribution >= 4 is 33.7 Å². The van der Waals surface area contributed by atoms with E-state index in [9.17, 15) is 9.59 Å². The van der Waals surface area contributed by atoms with Crippen LogP contribution in [0.5, 0.6) is 0 Å². The van der Waals surface area contributed by atoms with Crippen LogP contribution in [0, 0.1) is 5.92 Å². The summed E-state index contributed by atoms with van der Waals surface area (Å²) >= 11 is 10.3. The van der Waals surface area contributed by atoms with Crippen molar-refractivity contribution in [3.63, 3.8) is 0 Å². The van der Waals surface area contributed by atoms with Crippen LogP contribution in [-0.2, 0) is 9.59 Å². The van der Waals surface area contributed by atoms with E-state index in [2.05, 4.69) is 13.2 Å². The molecule has 2 nitrogen and oxygen atoms in total. The van der Waals surface area contributed by atoms with Gasteiger partial charge < -0.3 is 0 Å². The molecule has 0 aliphatic heterocycles. The first-order valence-corrected chi connectivity index (χ1v) is 3.95. The molecule has 0 amide bonds. The second kappa shape index (κ2) is 5.12. The summed E-state index contributed by atoms with van der Waals surface area (Å²) in [7, 11) is 0. The number of halogens is 2. The quantitative estimate of drug-likeness (QED) is 0.393. The molecule has 4 heteroatoms. The molecule has 0 fully saturated rings. The summed E-state index contributed by atoms with van der Waals surface area (Å²) in [5.74, 6) is -0.742. The van der Waals surface area contributed by atoms with Crippen LogP contribution in [0.2, 0.25) is 0 Å². The number of rotatable bonds is 5. The van der Waals surface area contributed by atoms with Gasteiger partial charge in [-0.2, -0.15) is 0 Å². The zero-order valence-electron chi connectivity index (χ0n) is 6.35. The van der Waals surface area contributed by atoms with Gasteiger partial charge in [-0.25, -0.2) is 0 Å². The van der Waals surface area contributed by atoms with E-state index in [0.717, 1.165) is 0 Å². The van der Waals surface area contributed by atoms with Gasteiger partial charge in [0.2, 0.25) is 10.5 Å². The zero-order valence-corrected chi connectivity index (χ0v) is 7.86. The highest BCUT2D eigenvalue weighted by Gasteiger charge is 2.21. The number of hydrogen-bond donors (Lipinski definition) is 0. The van der Waals surface area contributed by atoms with Crippen molar-refractivity contribution in [2.24, 2.45) is 5.92 Å². The van der Waals surface area contributed by atoms with Crippen molar-refractivity contribution in [2.75, 3.05) is 0 Å². The molecular formula is C8H8Cl2O2. The van der Waals surface area contributed by atoms with E-state index in [1.54, 1.807) is 0 Å². The largest absolute Gasteiger partial charge is 0.281 e. The van der Waals surface area contributed by atoms with Gasteiger partial charge in [0.05, 0.1) is 5.92 Å². The number of hydrogen-bond acceptors (Lipinski definition) is 2. The average molecular weight is 207 g/mol.